The molecule has 2 nitrogen and oxygen atoms in total. The normalized spacial score (nSPS) is 13.6. The first-order valence-corrected chi connectivity index (χ1v) is 22.8. The Morgan fingerprint density at radius 2 is 0.694 bits per heavy atom. The number of benzene rings is 7. The van der Waals surface area contributed by atoms with Crippen molar-refractivity contribution in [3.8, 4) is 11.4 Å². The SMILES string of the molecule is Cc1cc(C)c(B2c3cc4c(cc3-n3c5ccc(C(C)(C)C)cc5c5cc(C)cc2c53)B(c2c(C)cc(C)cc2C)c2cc(C)cc3c5cc(C(C)(C)C)ccc5n-4c23)c(C)c1. The molecule has 0 aliphatic carbocycles. The minimum absolute atomic E-state index is 0.0338. The van der Waals surface area contributed by atoms with E-state index < -0.39 is 0 Å². The second-order valence-corrected chi connectivity index (χ2v) is 21.6. The fraction of sp³-hybridized carbons (Fsp3) is 0.276. The molecular formula is C58H58B2N2. The van der Waals surface area contributed by atoms with Crippen LogP contribution in [-0.4, -0.2) is 22.6 Å². The molecule has 0 saturated heterocycles. The van der Waals surface area contributed by atoms with Crippen LogP contribution >= 0.6 is 0 Å². The molecule has 0 fully saturated rings. The van der Waals surface area contributed by atoms with Gasteiger partial charge < -0.3 is 9.13 Å². The van der Waals surface area contributed by atoms with E-state index in [4.69, 9.17) is 0 Å². The van der Waals surface area contributed by atoms with Gasteiger partial charge in [0.25, 0.3) is 0 Å². The summed E-state index contributed by atoms with van der Waals surface area (Å²) in [4.78, 5) is 0. The Balaban J connectivity index is 1.35. The molecule has 0 radical (unpaired) electrons. The smallest absolute Gasteiger partial charge is 0.247 e. The first kappa shape index (κ1) is 39.1. The number of hydrogen-bond donors (Lipinski definition) is 0. The zero-order valence-corrected chi connectivity index (χ0v) is 39.3. The van der Waals surface area contributed by atoms with Gasteiger partial charge in [0.05, 0.1) is 11.0 Å². The molecular weight excluding hydrogens is 746 g/mol. The van der Waals surface area contributed by atoms with Gasteiger partial charge in [0.2, 0.25) is 13.4 Å². The van der Waals surface area contributed by atoms with Crippen LogP contribution in [0.3, 0.4) is 0 Å². The fourth-order valence-corrected chi connectivity index (χ4v) is 12.2. The van der Waals surface area contributed by atoms with Crippen LogP contribution in [0, 0.1) is 55.4 Å². The summed E-state index contributed by atoms with van der Waals surface area (Å²) < 4.78 is 5.32. The molecule has 4 heteroatoms. The minimum Gasteiger partial charge on any atom is -0.310 e. The summed E-state index contributed by atoms with van der Waals surface area (Å²) in [6, 6.07) is 39.4. The Hall–Kier alpha value is -5.73. The van der Waals surface area contributed by atoms with Crippen LogP contribution in [0.2, 0.25) is 0 Å². The molecule has 11 rings (SSSR count). The van der Waals surface area contributed by atoms with Gasteiger partial charge in [0.1, 0.15) is 0 Å². The van der Waals surface area contributed by atoms with Gasteiger partial charge in [0.15, 0.2) is 0 Å². The molecule has 0 unspecified atom stereocenters. The van der Waals surface area contributed by atoms with Crippen molar-refractivity contribution in [2.75, 3.05) is 0 Å². The lowest BCUT2D eigenvalue weighted by molar-refractivity contribution is 0.591. The summed E-state index contributed by atoms with van der Waals surface area (Å²) in [5, 5.41) is 5.39. The van der Waals surface area contributed by atoms with Crippen LogP contribution in [0.1, 0.15) is 97.2 Å². The van der Waals surface area contributed by atoms with Crippen molar-refractivity contribution in [1.82, 2.24) is 9.13 Å². The van der Waals surface area contributed by atoms with E-state index in [1.54, 1.807) is 0 Å². The maximum absolute atomic E-state index is 2.66. The largest absolute Gasteiger partial charge is 0.310 e. The number of rotatable bonds is 2. The Morgan fingerprint density at radius 3 is 1.03 bits per heavy atom. The van der Waals surface area contributed by atoms with Crippen LogP contribution in [0.25, 0.3) is 55.0 Å². The van der Waals surface area contributed by atoms with Gasteiger partial charge in [0, 0.05) is 44.0 Å². The van der Waals surface area contributed by atoms with Crippen LogP contribution in [-0.2, 0) is 10.8 Å². The molecule has 9 aromatic rings. The maximum atomic E-state index is 2.66. The van der Waals surface area contributed by atoms with Crippen LogP contribution in [0.4, 0.5) is 0 Å². The summed E-state index contributed by atoms with van der Waals surface area (Å²) in [5.74, 6) is 0. The molecule has 2 aliphatic rings. The van der Waals surface area contributed by atoms with Gasteiger partial charge in [-0.1, -0.05) is 146 Å². The van der Waals surface area contributed by atoms with Gasteiger partial charge in [-0.3, -0.25) is 0 Å². The molecule has 0 amide bonds. The molecule has 2 aromatic heterocycles. The highest BCUT2D eigenvalue weighted by Crippen LogP contribution is 2.40. The summed E-state index contributed by atoms with van der Waals surface area (Å²) in [6.45, 7) is 32.6. The lowest BCUT2D eigenvalue weighted by atomic mass is 9.32. The topological polar surface area (TPSA) is 9.86 Å². The minimum atomic E-state index is 0.0338. The standard InChI is InChI=1S/C58H58B2N2/c1-31-19-35(5)53(36(6)20-31)59-45-29-52-46(30-51(45)61-49-17-15-39(57(9,10)11)27-41(49)43-23-33(3)25-47(59)55(43)61)60(54-37(7)21-32(2)22-38(54)8)48-26-34(4)24-44-42-28-40(58(12,13)14)16-18-50(42)62(52)56(44)48/h15-30H,1-14H3. The van der Waals surface area contributed by atoms with Crippen molar-refractivity contribution in [3.63, 3.8) is 0 Å². The van der Waals surface area contributed by atoms with Crippen molar-refractivity contribution in [2.24, 2.45) is 0 Å². The first-order valence-electron chi connectivity index (χ1n) is 22.8. The highest BCUT2D eigenvalue weighted by molar-refractivity contribution is 7.00. The third-order valence-corrected chi connectivity index (χ3v) is 14.8. The monoisotopic (exact) mass is 804 g/mol. The lowest BCUT2D eigenvalue weighted by Gasteiger charge is -2.34. The predicted octanol–water partition coefficient (Wildman–Crippen LogP) is 10.6. The van der Waals surface area contributed by atoms with Crippen molar-refractivity contribution in [1.29, 1.82) is 0 Å². The highest BCUT2D eigenvalue weighted by atomic mass is 15.0. The molecule has 62 heavy (non-hydrogen) atoms. The quantitative estimate of drug-likeness (QED) is 0.154. The molecule has 0 spiro atoms. The Kier molecular flexibility index (Phi) is 8.15. The Labute approximate surface area is 369 Å². The third-order valence-electron chi connectivity index (χ3n) is 14.8. The van der Waals surface area contributed by atoms with Crippen LogP contribution in [0.15, 0.2) is 97.1 Å². The number of aryl methyl sites for hydroxylation is 8. The average Bonchev–Trinajstić information content (AvgIpc) is 3.68. The Morgan fingerprint density at radius 1 is 0.355 bits per heavy atom. The summed E-state index contributed by atoms with van der Waals surface area (Å²) in [5.41, 5.74) is 29.8. The molecule has 4 heterocycles. The Bertz CT molecular complexity index is 3190. The van der Waals surface area contributed by atoms with Gasteiger partial charge in [-0.05, 0) is 148 Å². The molecule has 2 aliphatic heterocycles. The number of hydrogen-bond acceptors (Lipinski definition) is 0. The molecule has 306 valence electrons. The van der Waals surface area contributed by atoms with Crippen molar-refractivity contribution >= 4 is 89.8 Å². The molecule has 0 saturated carbocycles. The lowest BCUT2D eigenvalue weighted by Crippen LogP contribution is -2.61. The van der Waals surface area contributed by atoms with Crippen LogP contribution in [0.5, 0.6) is 0 Å². The predicted molar refractivity (Wildman–Crippen MR) is 273 cm³/mol. The maximum Gasteiger partial charge on any atom is 0.247 e. The second-order valence-electron chi connectivity index (χ2n) is 21.6. The van der Waals surface area contributed by atoms with E-state index >= 15 is 0 Å². The van der Waals surface area contributed by atoms with Gasteiger partial charge >= 0.3 is 0 Å². The molecule has 7 aromatic carbocycles. The summed E-state index contributed by atoms with van der Waals surface area (Å²) in [7, 11) is 0. The first-order chi connectivity index (χ1) is 29.3. The number of nitrogens with zero attached hydrogens (tertiary/aromatic N) is 2. The average molecular weight is 805 g/mol. The van der Waals surface area contributed by atoms with E-state index in [2.05, 4.69) is 203 Å². The van der Waals surface area contributed by atoms with E-state index in [-0.39, 0.29) is 24.3 Å². The third kappa shape index (κ3) is 5.44. The van der Waals surface area contributed by atoms with E-state index in [0.29, 0.717) is 0 Å². The number of fused-ring (bicyclic) bond motifs is 10. The van der Waals surface area contributed by atoms with Crippen molar-refractivity contribution in [2.45, 2.75) is 108 Å². The van der Waals surface area contributed by atoms with Gasteiger partial charge in [-0.25, -0.2) is 0 Å². The van der Waals surface area contributed by atoms with Gasteiger partial charge in [-0.15, -0.1) is 0 Å². The zero-order chi connectivity index (χ0) is 43.6. The van der Waals surface area contributed by atoms with E-state index in [1.165, 1.54) is 143 Å². The summed E-state index contributed by atoms with van der Waals surface area (Å²) in [6.07, 6.45) is 0. The van der Waals surface area contributed by atoms with E-state index in [0.717, 1.165) is 0 Å². The molecule has 0 N–H and O–H groups in total. The molecule has 0 bridgehead atoms. The van der Waals surface area contributed by atoms with Gasteiger partial charge in [-0.2, -0.15) is 0 Å². The van der Waals surface area contributed by atoms with Crippen molar-refractivity contribution < 1.29 is 0 Å². The molecule has 0 atom stereocenters. The fourth-order valence-electron chi connectivity index (χ4n) is 12.2. The van der Waals surface area contributed by atoms with Crippen molar-refractivity contribution in [3.05, 3.63) is 153 Å². The zero-order valence-electron chi connectivity index (χ0n) is 39.3. The van der Waals surface area contributed by atoms with E-state index in [1.807, 2.05) is 0 Å². The van der Waals surface area contributed by atoms with E-state index in [9.17, 15) is 0 Å². The van der Waals surface area contributed by atoms with Crippen LogP contribution < -0.4 is 32.8 Å². The highest BCUT2D eigenvalue weighted by Gasteiger charge is 2.41. The number of aromatic nitrogens is 2. The summed E-state index contributed by atoms with van der Waals surface area (Å²) >= 11 is 0. The second kappa shape index (κ2) is 12.9.